The minimum absolute atomic E-state index is 0.105. The summed E-state index contributed by atoms with van der Waals surface area (Å²) in [5.74, 6) is 3.39. The van der Waals surface area contributed by atoms with Crippen LogP contribution in [0.25, 0.3) is 0 Å². The minimum Gasteiger partial charge on any atom is -0.497 e. The molecule has 1 atom stereocenters. The summed E-state index contributed by atoms with van der Waals surface area (Å²) in [6, 6.07) is 7.48. The first-order valence-electron chi connectivity index (χ1n) is 4.77. The molecule has 0 fully saturated rings. The number of ketones is 1. The number of terminal acetylenes is 1. The fraction of sp³-hybridized carbons (Fsp3) is 0.308. The Morgan fingerprint density at radius 3 is 2.47 bits per heavy atom. The summed E-state index contributed by atoms with van der Waals surface area (Å²) in [7, 11) is 1.61. The molecular formula is C13H14O2. The topological polar surface area (TPSA) is 26.3 Å². The van der Waals surface area contributed by atoms with Crippen LogP contribution in [0.1, 0.15) is 24.8 Å². The molecule has 2 nitrogen and oxygen atoms in total. The Balaban J connectivity index is 2.84. The van der Waals surface area contributed by atoms with Crippen LogP contribution in [-0.4, -0.2) is 12.9 Å². The van der Waals surface area contributed by atoms with E-state index in [-0.39, 0.29) is 11.7 Å². The molecule has 0 saturated carbocycles. The second-order valence-electron chi connectivity index (χ2n) is 3.40. The van der Waals surface area contributed by atoms with Crippen LogP contribution in [0.3, 0.4) is 0 Å². The fourth-order valence-corrected chi connectivity index (χ4v) is 1.40. The third-order valence-electron chi connectivity index (χ3n) is 2.21. The van der Waals surface area contributed by atoms with Crippen molar-refractivity contribution < 1.29 is 9.53 Å². The van der Waals surface area contributed by atoms with Crippen molar-refractivity contribution in [2.45, 2.75) is 19.3 Å². The molecule has 0 aliphatic rings. The first kappa shape index (κ1) is 11.3. The highest BCUT2D eigenvalue weighted by Crippen LogP contribution is 2.21. The quantitative estimate of drug-likeness (QED) is 0.701. The number of Topliss-reactive ketones (excluding diaryl/α,β-unsaturated/α-hetero) is 1. The zero-order valence-corrected chi connectivity index (χ0v) is 8.99. The second kappa shape index (κ2) is 5.21. The van der Waals surface area contributed by atoms with Crippen LogP contribution in [0.2, 0.25) is 0 Å². The number of rotatable bonds is 4. The summed E-state index contributed by atoms with van der Waals surface area (Å²) < 4.78 is 5.05. The van der Waals surface area contributed by atoms with Gasteiger partial charge in [-0.1, -0.05) is 18.1 Å². The average Bonchev–Trinajstić information content (AvgIpc) is 2.26. The van der Waals surface area contributed by atoms with Crippen LogP contribution in [-0.2, 0) is 4.79 Å². The van der Waals surface area contributed by atoms with E-state index < -0.39 is 0 Å². The van der Waals surface area contributed by atoms with Crippen molar-refractivity contribution in [1.29, 1.82) is 0 Å². The first-order chi connectivity index (χ1) is 7.17. The van der Waals surface area contributed by atoms with E-state index in [1.807, 2.05) is 24.3 Å². The Morgan fingerprint density at radius 1 is 1.47 bits per heavy atom. The van der Waals surface area contributed by atoms with Gasteiger partial charge in [0.15, 0.2) is 0 Å². The van der Waals surface area contributed by atoms with Crippen molar-refractivity contribution >= 4 is 5.78 Å². The fourth-order valence-electron chi connectivity index (χ4n) is 1.40. The van der Waals surface area contributed by atoms with Gasteiger partial charge in [-0.15, -0.1) is 6.42 Å². The molecular weight excluding hydrogens is 188 g/mol. The largest absolute Gasteiger partial charge is 0.497 e. The molecule has 0 radical (unpaired) electrons. The number of benzene rings is 1. The van der Waals surface area contributed by atoms with Crippen LogP contribution < -0.4 is 4.74 Å². The lowest BCUT2D eigenvalue weighted by Gasteiger charge is -2.09. The number of carbonyl (C=O) groups excluding carboxylic acids is 1. The lowest BCUT2D eigenvalue weighted by atomic mass is 9.95. The Labute approximate surface area is 90.3 Å². The van der Waals surface area contributed by atoms with Gasteiger partial charge < -0.3 is 4.74 Å². The molecule has 0 amide bonds. The number of carbonyl (C=O) groups is 1. The molecule has 0 aliphatic heterocycles. The first-order valence-corrected chi connectivity index (χ1v) is 4.77. The van der Waals surface area contributed by atoms with Gasteiger partial charge in [-0.2, -0.15) is 0 Å². The highest BCUT2D eigenvalue weighted by Gasteiger charge is 2.10. The normalized spacial score (nSPS) is 11.5. The van der Waals surface area contributed by atoms with Crippen molar-refractivity contribution in [3.05, 3.63) is 29.8 Å². The van der Waals surface area contributed by atoms with Crippen molar-refractivity contribution in [2.24, 2.45) is 0 Å². The molecule has 2 heteroatoms. The standard InChI is InChI=1S/C13H14O2/c1-4-11(9-10(2)14)12-5-7-13(15-3)8-6-12/h1,5-8,11H,9H2,2-3H3. The third kappa shape index (κ3) is 3.14. The molecule has 0 saturated heterocycles. The number of hydrogen-bond acceptors (Lipinski definition) is 2. The lowest BCUT2D eigenvalue weighted by Crippen LogP contribution is -2.01. The van der Waals surface area contributed by atoms with Gasteiger partial charge in [0.2, 0.25) is 0 Å². The summed E-state index contributed by atoms with van der Waals surface area (Å²) in [5, 5.41) is 0. The highest BCUT2D eigenvalue weighted by molar-refractivity contribution is 5.77. The van der Waals surface area contributed by atoms with Crippen LogP contribution in [0.5, 0.6) is 5.75 Å². The van der Waals surface area contributed by atoms with Gasteiger partial charge in [0.1, 0.15) is 11.5 Å². The Hall–Kier alpha value is -1.75. The zero-order valence-electron chi connectivity index (χ0n) is 8.99. The summed E-state index contributed by atoms with van der Waals surface area (Å²) in [6.07, 6.45) is 5.78. The van der Waals surface area contributed by atoms with Gasteiger partial charge in [0.25, 0.3) is 0 Å². The maximum atomic E-state index is 11.0. The van der Waals surface area contributed by atoms with Gasteiger partial charge in [-0.3, -0.25) is 4.79 Å². The average molecular weight is 202 g/mol. The summed E-state index contributed by atoms with van der Waals surface area (Å²) >= 11 is 0. The number of ether oxygens (including phenoxy) is 1. The van der Waals surface area contributed by atoms with E-state index in [2.05, 4.69) is 5.92 Å². The van der Waals surface area contributed by atoms with Crippen LogP contribution in [0, 0.1) is 12.3 Å². The van der Waals surface area contributed by atoms with E-state index in [0.29, 0.717) is 6.42 Å². The van der Waals surface area contributed by atoms with E-state index in [0.717, 1.165) is 11.3 Å². The molecule has 0 aromatic heterocycles. The molecule has 1 unspecified atom stereocenters. The van der Waals surface area contributed by atoms with E-state index in [9.17, 15) is 4.79 Å². The summed E-state index contributed by atoms with van der Waals surface area (Å²) in [6.45, 7) is 1.55. The van der Waals surface area contributed by atoms with Crippen molar-refractivity contribution in [1.82, 2.24) is 0 Å². The third-order valence-corrected chi connectivity index (χ3v) is 2.21. The lowest BCUT2D eigenvalue weighted by molar-refractivity contribution is -0.117. The highest BCUT2D eigenvalue weighted by atomic mass is 16.5. The van der Waals surface area contributed by atoms with Crippen LogP contribution in [0.15, 0.2) is 24.3 Å². The Kier molecular flexibility index (Phi) is 3.93. The van der Waals surface area contributed by atoms with E-state index >= 15 is 0 Å². The maximum Gasteiger partial charge on any atom is 0.131 e. The maximum absolute atomic E-state index is 11.0. The predicted molar refractivity (Wildman–Crippen MR) is 59.9 cm³/mol. The van der Waals surface area contributed by atoms with E-state index in [4.69, 9.17) is 11.2 Å². The summed E-state index contributed by atoms with van der Waals surface area (Å²) in [4.78, 5) is 11.0. The van der Waals surface area contributed by atoms with Crippen LogP contribution >= 0.6 is 0 Å². The molecule has 0 heterocycles. The van der Waals surface area contributed by atoms with Gasteiger partial charge in [0, 0.05) is 6.42 Å². The van der Waals surface area contributed by atoms with Crippen molar-refractivity contribution in [3.63, 3.8) is 0 Å². The Bertz CT molecular complexity index is 371. The summed E-state index contributed by atoms with van der Waals surface area (Å²) in [5.41, 5.74) is 0.980. The molecule has 15 heavy (non-hydrogen) atoms. The number of hydrogen-bond donors (Lipinski definition) is 0. The molecule has 0 bridgehead atoms. The van der Waals surface area contributed by atoms with Crippen LogP contribution in [0.4, 0.5) is 0 Å². The van der Waals surface area contributed by atoms with Crippen molar-refractivity contribution in [2.75, 3.05) is 7.11 Å². The van der Waals surface area contributed by atoms with Gasteiger partial charge >= 0.3 is 0 Å². The van der Waals surface area contributed by atoms with Gasteiger partial charge in [-0.05, 0) is 24.6 Å². The molecule has 0 N–H and O–H groups in total. The van der Waals surface area contributed by atoms with Gasteiger partial charge in [0.05, 0.1) is 13.0 Å². The smallest absolute Gasteiger partial charge is 0.131 e. The molecule has 1 aromatic carbocycles. The zero-order chi connectivity index (χ0) is 11.3. The predicted octanol–water partition coefficient (Wildman–Crippen LogP) is 2.39. The monoisotopic (exact) mass is 202 g/mol. The molecule has 78 valence electrons. The second-order valence-corrected chi connectivity index (χ2v) is 3.40. The molecule has 1 rings (SSSR count). The van der Waals surface area contributed by atoms with Gasteiger partial charge in [-0.25, -0.2) is 0 Å². The Morgan fingerprint density at radius 2 is 2.07 bits per heavy atom. The molecule has 0 spiro atoms. The molecule has 0 aliphatic carbocycles. The van der Waals surface area contributed by atoms with E-state index in [1.54, 1.807) is 14.0 Å². The number of methoxy groups -OCH3 is 1. The minimum atomic E-state index is -0.131. The SMILES string of the molecule is C#CC(CC(C)=O)c1ccc(OC)cc1. The van der Waals surface area contributed by atoms with E-state index in [1.165, 1.54) is 0 Å². The molecule has 1 aromatic rings. The van der Waals surface area contributed by atoms with Crippen molar-refractivity contribution in [3.8, 4) is 18.1 Å².